The molecule has 9 heteroatoms. The predicted octanol–water partition coefficient (Wildman–Crippen LogP) is 0.445. The molecule has 0 saturated heterocycles. The summed E-state index contributed by atoms with van der Waals surface area (Å²) in [6, 6.07) is 0. The van der Waals surface area contributed by atoms with Gasteiger partial charge >= 0.3 is 5.69 Å². The van der Waals surface area contributed by atoms with E-state index in [1.807, 2.05) is 0 Å². The van der Waals surface area contributed by atoms with Crippen molar-refractivity contribution in [3.05, 3.63) is 33.5 Å². The van der Waals surface area contributed by atoms with E-state index in [1.54, 1.807) is 17.7 Å². The number of aliphatic hydroxyl groups is 1. The van der Waals surface area contributed by atoms with E-state index in [4.69, 9.17) is 4.74 Å². The summed E-state index contributed by atoms with van der Waals surface area (Å²) in [5.74, 6) is 0.945. The predicted molar refractivity (Wildman–Crippen MR) is 101 cm³/mol. The van der Waals surface area contributed by atoms with Gasteiger partial charge in [-0.25, -0.2) is 4.79 Å². The molecule has 0 radical (unpaired) electrons. The Bertz CT molecular complexity index is 864. The van der Waals surface area contributed by atoms with Crippen molar-refractivity contribution in [2.24, 2.45) is 13.0 Å². The van der Waals surface area contributed by atoms with Gasteiger partial charge in [0.25, 0.3) is 5.56 Å². The summed E-state index contributed by atoms with van der Waals surface area (Å²) in [6.07, 6.45) is 1.68. The first kappa shape index (κ1) is 19.9. The van der Waals surface area contributed by atoms with Gasteiger partial charge in [0, 0.05) is 13.6 Å². The van der Waals surface area contributed by atoms with Crippen LogP contribution in [-0.4, -0.2) is 50.1 Å². The number of rotatable bonds is 10. The molecule has 0 saturated carbocycles. The number of imidazole rings is 1. The first-order valence-corrected chi connectivity index (χ1v) is 8.65. The third-order valence-electron chi connectivity index (χ3n) is 3.95. The molecule has 0 unspecified atom stereocenters. The van der Waals surface area contributed by atoms with Gasteiger partial charge in [-0.15, -0.1) is 6.58 Å². The normalized spacial score (nSPS) is 12.7. The lowest BCUT2D eigenvalue weighted by Gasteiger charge is -2.15. The fourth-order valence-corrected chi connectivity index (χ4v) is 2.57. The lowest BCUT2D eigenvalue weighted by Crippen LogP contribution is -2.30. The Labute approximate surface area is 151 Å². The van der Waals surface area contributed by atoms with Gasteiger partial charge in [0.1, 0.15) is 0 Å². The lowest BCUT2D eigenvalue weighted by molar-refractivity contribution is 0.0405. The van der Waals surface area contributed by atoms with Gasteiger partial charge in [-0.1, -0.05) is 19.9 Å². The number of aromatic amines is 1. The van der Waals surface area contributed by atoms with E-state index in [0.717, 1.165) is 6.42 Å². The summed E-state index contributed by atoms with van der Waals surface area (Å²) >= 11 is 0. The van der Waals surface area contributed by atoms with Crippen LogP contribution in [0, 0.1) is 5.92 Å². The molecule has 0 amide bonds. The quantitative estimate of drug-likeness (QED) is 0.416. The summed E-state index contributed by atoms with van der Waals surface area (Å²) in [6.45, 7) is 8.98. The Kier molecular flexibility index (Phi) is 6.76. The van der Waals surface area contributed by atoms with Crippen molar-refractivity contribution in [3.8, 4) is 0 Å². The Morgan fingerprint density at radius 1 is 1.42 bits per heavy atom. The number of anilines is 1. The molecule has 2 aromatic heterocycles. The van der Waals surface area contributed by atoms with Gasteiger partial charge in [0.15, 0.2) is 11.2 Å². The summed E-state index contributed by atoms with van der Waals surface area (Å²) in [5, 5.41) is 13.4. The second-order valence-electron chi connectivity index (χ2n) is 6.63. The van der Waals surface area contributed by atoms with Crippen LogP contribution in [0.25, 0.3) is 11.2 Å². The van der Waals surface area contributed by atoms with Crippen LogP contribution < -0.4 is 16.6 Å². The molecule has 1 atom stereocenters. The molecule has 144 valence electrons. The maximum atomic E-state index is 12.3. The number of aryl methyl sites for hydroxylation is 1. The molecule has 26 heavy (non-hydrogen) atoms. The van der Waals surface area contributed by atoms with Crippen LogP contribution in [-0.2, 0) is 18.3 Å². The number of hydrogen-bond acceptors (Lipinski definition) is 6. The molecular weight excluding hydrogens is 338 g/mol. The van der Waals surface area contributed by atoms with E-state index in [0.29, 0.717) is 25.0 Å². The number of ether oxygens (including phenoxy) is 1. The van der Waals surface area contributed by atoms with Crippen LogP contribution in [0.2, 0.25) is 0 Å². The zero-order chi connectivity index (χ0) is 19.3. The second kappa shape index (κ2) is 8.81. The van der Waals surface area contributed by atoms with Crippen molar-refractivity contribution in [2.45, 2.75) is 32.9 Å². The van der Waals surface area contributed by atoms with Gasteiger partial charge in [-0.2, -0.15) is 4.98 Å². The summed E-state index contributed by atoms with van der Waals surface area (Å²) < 4.78 is 8.14. The number of nitrogens with zero attached hydrogens (tertiary/aromatic N) is 3. The Balaban J connectivity index is 2.39. The van der Waals surface area contributed by atoms with Gasteiger partial charge in [-0.3, -0.25) is 14.3 Å². The SMILES string of the molecule is C=CCOC[C@@H](O)Cn1c(NCCC(C)C)nc2c1c(=O)[nH]c(=O)n2C. The number of nitrogens with one attached hydrogen (secondary N) is 2. The van der Waals surface area contributed by atoms with Crippen LogP contribution >= 0.6 is 0 Å². The van der Waals surface area contributed by atoms with Gasteiger partial charge < -0.3 is 19.7 Å². The van der Waals surface area contributed by atoms with Crippen LogP contribution in [0.3, 0.4) is 0 Å². The molecule has 9 nitrogen and oxygen atoms in total. The first-order chi connectivity index (χ1) is 12.3. The highest BCUT2D eigenvalue weighted by Gasteiger charge is 2.19. The molecule has 0 aromatic carbocycles. The molecule has 0 aliphatic carbocycles. The van der Waals surface area contributed by atoms with Crippen molar-refractivity contribution in [3.63, 3.8) is 0 Å². The zero-order valence-corrected chi connectivity index (χ0v) is 15.5. The molecule has 0 aliphatic heterocycles. The summed E-state index contributed by atoms with van der Waals surface area (Å²) in [7, 11) is 1.54. The summed E-state index contributed by atoms with van der Waals surface area (Å²) in [4.78, 5) is 30.8. The minimum absolute atomic E-state index is 0.0980. The minimum atomic E-state index is -0.838. The van der Waals surface area contributed by atoms with Gasteiger partial charge in [0.2, 0.25) is 5.95 Å². The van der Waals surface area contributed by atoms with Crippen molar-refractivity contribution in [1.82, 2.24) is 19.1 Å². The highest BCUT2D eigenvalue weighted by molar-refractivity contribution is 5.74. The average Bonchev–Trinajstić information content (AvgIpc) is 2.92. The fraction of sp³-hybridized carbons (Fsp3) is 0.588. The molecule has 2 aromatic rings. The third-order valence-corrected chi connectivity index (χ3v) is 3.95. The number of hydrogen-bond donors (Lipinski definition) is 3. The van der Waals surface area contributed by atoms with Crippen molar-refractivity contribution in [2.75, 3.05) is 25.1 Å². The monoisotopic (exact) mass is 365 g/mol. The van der Waals surface area contributed by atoms with Crippen molar-refractivity contribution < 1.29 is 9.84 Å². The maximum absolute atomic E-state index is 12.3. The highest BCUT2D eigenvalue weighted by atomic mass is 16.5. The number of aliphatic hydroxyl groups excluding tert-OH is 1. The average molecular weight is 365 g/mol. The van der Waals surface area contributed by atoms with E-state index in [2.05, 4.69) is 35.7 Å². The van der Waals surface area contributed by atoms with E-state index in [-0.39, 0.29) is 24.3 Å². The third kappa shape index (κ3) is 4.61. The molecule has 0 spiro atoms. The van der Waals surface area contributed by atoms with E-state index in [1.165, 1.54) is 4.57 Å². The van der Waals surface area contributed by atoms with Gasteiger partial charge in [0.05, 0.1) is 25.9 Å². The fourth-order valence-electron chi connectivity index (χ4n) is 2.57. The lowest BCUT2D eigenvalue weighted by atomic mass is 10.1. The zero-order valence-electron chi connectivity index (χ0n) is 15.5. The highest BCUT2D eigenvalue weighted by Crippen LogP contribution is 2.16. The second-order valence-corrected chi connectivity index (χ2v) is 6.63. The van der Waals surface area contributed by atoms with E-state index in [9.17, 15) is 14.7 Å². The molecule has 2 rings (SSSR count). The number of fused-ring (bicyclic) bond motifs is 1. The topological polar surface area (TPSA) is 114 Å². The smallest absolute Gasteiger partial charge is 0.329 e. The first-order valence-electron chi connectivity index (χ1n) is 8.65. The van der Waals surface area contributed by atoms with Crippen LogP contribution in [0.5, 0.6) is 0 Å². The molecule has 3 N–H and O–H groups in total. The van der Waals surface area contributed by atoms with E-state index >= 15 is 0 Å². The molecular formula is C17H27N5O4. The summed E-state index contributed by atoms with van der Waals surface area (Å²) in [5.41, 5.74) is -0.561. The van der Waals surface area contributed by atoms with Crippen LogP contribution in [0.4, 0.5) is 5.95 Å². The van der Waals surface area contributed by atoms with Crippen LogP contribution in [0.15, 0.2) is 22.2 Å². The molecule has 0 fully saturated rings. The van der Waals surface area contributed by atoms with Crippen LogP contribution in [0.1, 0.15) is 20.3 Å². The number of aromatic nitrogens is 4. The maximum Gasteiger partial charge on any atom is 0.329 e. The standard InChI is InChI=1S/C17H27N5O4/c1-5-8-26-10-12(23)9-22-13-14(21(4)17(25)20-15(13)24)19-16(22)18-7-6-11(2)3/h5,11-12,23H,1,6-10H2,2-4H3,(H,18,19)(H,20,24,25)/t12-/m0/s1. The van der Waals surface area contributed by atoms with Crippen molar-refractivity contribution in [1.29, 1.82) is 0 Å². The van der Waals surface area contributed by atoms with E-state index < -0.39 is 17.4 Å². The Hall–Kier alpha value is -2.39. The van der Waals surface area contributed by atoms with Crippen molar-refractivity contribution >= 4 is 17.1 Å². The number of H-pyrrole nitrogens is 1. The molecule has 2 heterocycles. The van der Waals surface area contributed by atoms with Gasteiger partial charge in [-0.05, 0) is 12.3 Å². The Morgan fingerprint density at radius 2 is 2.15 bits per heavy atom. The Morgan fingerprint density at radius 3 is 2.81 bits per heavy atom. The molecule has 0 aliphatic rings. The largest absolute Gasteiger partial charge is 0.389 e. The molecule has 0 bridgehead atoms. The minimum Gasteiger partial charge on any atom is -0.389 e.